The van der Waals surface area contributed by atoms with Gasteiger partial charge in [0.05, 0.1) is 22.1 Å². The van der Waals surface area contributed by atoms with Crippen molar-refractivity contribution in [3.05, 3.63) is 51.1 Å². The maximum absolute atomic E-state index is 10.9. The zero-order chi connectivity index (χ0) is 13.1. The van der Waals surface area contributed by atoms with Gasteiger partial charge in [0, 0.05) is 6.07 Å². The second kappa shape index (κ2) is 4.81. The highest BCUT2D eigenvalue weighted by atomic mass is 35.5. The SMILES string of the molecule is N#Cc1ncn(Cc2c(Cl)cccc2[N+](=O)[O-])n1. The van der Waals surface area contributed by atoms with Crippen LogP contribution in [0.25, 0.3) is 0 Å². The van der Waals surface area contributed by atoms with Crippen LogP contribution in [0.15, 0.2) is 24.5 Å². The normalized spacial score (nSPS) is 10.0. The van der Waals surface area contributed by atoms with Crippen LogP contribution in [-0.2, 0) is 6.54 Å². The van der Waals surface area contributed by atoms with Gasteiger partial charge >= 0.3 is 0 Å². The fraction of sp³-hybridized carbons (Fsp3) is 0.100. The Bertz CT molecular complexity index is 646. The Morgan fingerprint density at radius 2 is 2.33 bits per heavy atom. The van der Waals surface area contributed by atoms with Crippen LogP contribution in [0.2, 0.25) is 5.02 Å². The molecule has 0 saturated heterocycles. The Labute approximate surface area is 106 Å². The van der Waals surface area contributed by atoms with Crippen LogP contribution < -0.4 is 0 Å². The summed E-state index contributed by atoms with van der Waals surface area (Å²) in [6.45, 7) is 0.0880. The highest BCUT2D eigenvalue weighted by Crippen LogP contribution is 2.26. The molecule has 2 rings (SSSR count). The summed E-state index contributed by atoms with van der Waals surface area (Å²) in [4.78, 5) is 14.1. The van der Waals surface area contributed by atoms with E-state index in [1.165, 1.54) is 23.1 Å². The molecule has 0 amide bonds. The third-order valence-corrected chi connectivity index (χ3v) is 2.60. The van der Waals surface area contributed by atoms with Crippen LogP contribution in [0.3, 0.4) is 0 Å². The molecule has 0 fully saturated rings. The Hall–Kier alpha value is -2.46. The number of hydrogen-bond acceptors (Lipinski definition) is 5. The van der Waals surface area contributed by atoms with E-state index in [1.807, 2.05) is 0 Å². The van der Waals surface area contributed by atoms with Crippen molar-refractivity contribution < 1.29 is 4.92 Å². The van der Waals surface area contributed by atoms with E-state index in [4.69, 9.17) is 16.9 Å². The number of benzene rings is 1. The number of nitro groups is 1. The van der Waals surface area contributed by atoms with Crippen LogP contribution >= 0.6 is 11.6 Å². The Kier molecular flexibility index (Phi) is 3.21. The van der Waals surface area contributed by atoms with Gasteiger partial charge in [-0.2, -0.15) is 5.26 Å². The zero-order valence-electron chi connectivity index (χ0n) is 8.95. The maximum Gasteiger partial charge on any atom is 0.275 e. The zero-order valence-corrected chi connectivity index (χ0v) is 9.70. The van der Waals surface area contributed by atoms with Crippen molar-refractivity contribution in [3.8, 4) is 6.07 Å². The molecule has 2 aromatic rings. The molecule has 90 valence electrons. The molecule has 0 aliphatic heterocycles. The van der Waals surface area contributed by atoms with Gasteiger partial charge < -0.3 is 0 Å². The summed E-state index contributed by atoms with van der Waals surface area (Å²) in [5, 5.41) is 23.6. The van der Waals surface area contributed by atoms with Gasteiger partial charge in [0.2, 0.25) is 0 Å². The van der Waals surface area contributed by atoms with Crippen LogP contribution in [-0.4, -0.2) is 19.7 Å². The predicted molar refractivity (Wildman–Crippen MR) is 61.9 cm³/mol. The van der Waals surface area contributed by atoms with Crippen LogP contribution in [0.4, 0.5) is 5.69 Å². The summed E-state index contributed by atoms with van der Waals surface area (Å²) < 4.78 is 1.33. The predicted octanol–water partition coefficient (Wildman–Crippen LogP) is 1.76. The second-order valence-corrected chi connectivity index (χ2v) is 3.78. The summed E-state index contributed by atoms with van der Waals surface area (Å²) >= 11 is 5.93. The summed E-state index contributed by atoms with van der Waals surface area (Å²) in [7, 11) is 0. The Morgan fingerprint density at radius 3 is 2.94 bits per heavy atom. The Morgan fingerprint density at radius 1 is 1.56 bits per heavy atom. The molecule has 1 aromatic carbocycles. The van der Waals surface area contributed by atoms with Crippen molar-refractivity contribution in [2.75, 3.05) is 0 Å². The number of nitriles is 1. The number of halogens is 1. The van der Waals surface area contributed by atoms with E-state index >= 15 is 0 Å². The van der Waals surface area contributed by atoms with E-state index in [2.05, 4.69) is 10.1 Å². The van der Waals surface area contributed by atoms with Crippen molar-refractivity contribution in [2.45, 2.75) is 6.54 Å². The van der Waals surface area contributed by atoms with Crippen molar-refractivity contribution in [1.29, 1.82) is 5.26 Å². The summed E-state index contributed by atoms with van der Waals surface area (Å²) in [6, 6.07) is 6.21. The topological polar surface area (TPSA) is 97.6 Å². The van der Waals surface area contributed by atoms with Gasteiger partial charge in [0.25, 0.3) is 11.5 Å². The average molecular weight is 264 g/mol. The van der Waals surface area contributed by atoms with Gasteiger partial charge in [-0.25, -0.2) is 9.67 Å². The van der Waals surface area contributed by atoms with Crippen molar-refractivity contribution in [1.82, 2.24) is 14.8 Å². The molecule has 0 saturated carbocycles. The molecular formula is C10H6ClN5O2. The molecule has 8 heteroatoms. The highest BCUT2D eigenvalue weighted by molar-refractivity contribution is 6.31. The average Bonchev–Trinajstić information content (AvgIpc) is 2.79. The van der Waals surface area contributed by atoms with E-state index in [9.17, 15) is 10.1 Å². The third-order valence-electron chi connectivity index (χ3n) is 2.25. The van der Waals surface area contributed by atoms with Crippen LogP contribution in [0.1, 0.15) is 11.4 Å². The van der Waals surface area contributed by atoms with E-state index in [0.29, 0.717) is 5.56 Å². The summed E-state index contributed by atoms with van der Waals surface area (Å²) in [6.07, 6.45) is 1.33. The molecule has 0 atom stereocenters. The first kappa shape index (κ1) is 12.0. The third kappa shape index (κ3) is 2.28. The summed E-state index contributed by atoms with van der Waals surface area (Å²) in [5.74, 6) is 0.00436. The van der Waals surface area contributed by atoms with Gasteiger partial charge in [0.1, 0.15) is 12.4 Å². The largest absolute Gasteiger partial charge is 0.275 e. The number of hydrogen-bond donors (Lipinski definition) is 0. The monoisotopic (exact) mass is 263 g/mol. The molecule has 0 spiro atoms. The standard InChI is InChI=1S/C10H6ClN5O2/c11-8-2-1-3-9(16(17)18)7(8)5-15-6-13-10(4-12)14-15/h1-3,6H,5H2. The van der Waals surface area contributed by atoms with Gasteiger partial charge in [-0.1, -0.05) is 17.7 Å². The lowest BCUT2D eigenvalue weighted by molar-refractivity contribution is -0.385. The number of nitro benzene ring substituents is 1. The van der Waals surface area contributed by atoms with E-state index in [0.717, 1.165) is 0 Å². The minimum atomic E-state index is -0.511. The van der Waals surface area contributed by atoms with Gasteiger partial charge in [-0.15, -0.1) is 5.10 Å². The molecule has 0 N–H and O–H groups in total. The minimum absolute atomic E-state index is 0.00436. The molecule has 1 aromatic heterocycles. The summed E-state index contributed by atoms with van der Waals surface area (Å²) in [5.41, 5.74) is 0.245. The smallest absolute Gasteiger partial charge is 0.258 e. The molecule has 1 heterocycles. The first-order chi connectivity index (χ1) is 8.61. The Balaban J connectivity index is 2.39. The molecular weight excluding hydrogens is 258 g/mol. The molecule has 7 nitrogen and oxygen atoms in total. The second-order valence-electron chi connectivity index (χ2n) is 3.37. The molecule has 0 radical (unpaired) electrons. The first-order valence-electron chi connectivity index (χ1n) is 4.83. The van der Waals surface area contributed by atoms with E-state index in [-0.39, 0.29) is 23.1 Å². The van der Waals surface area contributed by atoms with E-state index in [1.54, 1.807) is 12.1 Å². The van der Waals surface area contributed by atoms with Crippen molar-refractivity contribution >= 4 is 17.3 Å². The first-order valence-corrected chi connectivity index (χ1v) is 5.21. The fourth-order valence-electron chi connectivity index (χ4n) is 1.46. The highest BCUT2D eigenvalue weighted by Gasteiger charge is 2.17. The lowest BCUT2D eigenvalue weighted by Crippen LogP contribution is -2.04. The molecule has 0 aliphatic carbocycles. The van der Waals surface area contributed by atoms with Crippen molar-refractivity contribution in [3.63, 3.8) is 0 Å². The lowest BCUT2D eigenvalue weighted by Gasteiger charge is -2.04. The molecule has 0 aliphatic rings. The van der Waals surface area contributed by atoms with Gasteiger partial charge in [-0.3, -0.25) is 10.1 Å². The molecule has 0 bridgehead atoms. The van der Waals surface area contributed by atoms with Crippen molar-refractivity contribution in [2.24, 2.45) is 0 Å². The number of rotatable bonds is 3. The number of nitrogens with zero attached hydrogens (tertiary/aromatic N) is 5. The quantitative estimate of drug-likeness (QED) is 0.621. The fourth-order valence-corrected chi connectivity index (χ4v) is 1.69. The minimum Gasteiger partial charge on any atom is -0.258 e. The van der Waals surface area contributed by atoms with Crippen LogP contribution in [0.5, 0.6) is 0 Å². The molecule has 18 heavy (non-hydrogen) atoms. The van der Waals surface area contributed by atoms with Gasteiger partial charge in [0.15, 0.2) is 0 Å². The van der Waals surface area contributed by atoms with Crippen LogP contribution in [0, 0.1) is 21.4 Å². The van der Waals surface area contributed by atoms with Gasteiger partial charge in [-0.05, 0) is 6.07 Å². The number of aromatic nitrogens is 3. The van der Waals surface area contributed by atoms with E-state index < -0.39 is 4.92 Å². The lowest BCUT2D eigenvalue weighted by atomic mass is 10.2. The maximum atomic E-state index is 10.9. The molecule has 0 unspecified atom stereocenters.